The zero-order chi connectivity index (χ0) is 33.6. The Kier molecular flexibility index (Phi) is 10.8. The van der Waals surface area contributed by atoms with Gasteiger partial charge >= 0.3 is 0 Å². The summed E-state index contributed by atoms with van der Waals surface area (Å²) < 4.78 is 30.3. The minimum atomic E-state index is -1.06. The summed E-state index contributed by atoms with van der Waals surface area (Å²) in [6.07, 6.45) is 4.18. The second-order valence-corrected chi connectivity index (χ2v) is 12.1. The molecule has 1 aromatic heterocycles. The van der Waals surface area contributed by atoms with Crippen molar-refractivity contribution in [2.24, 2.45) is 11.1 Å². The van der Waals surface area contributed by atoms with Crippen LogP contribution in [-0.2, 0) is 25.6 Å². The molecule has 1 unspecified atom stereocenters. The van der Waals surface area contributed by atoms with E-state index in [1.807, 2.05) is 51.1 Å². The number of aromatic nitrogens is 2. The van der Waals surface area contributed by atoms with E-state index in [1.54, 1.807) is 6.20 Å². The zero-order valence-electron chi connectivity index (χ0n) is 26.0. The van der Waals surface area contributed by atoms with Crippen molar-refractivity contribution in [3.8, 4) is 5.69 Å². The molecule has 2 atom stereocenters. The Bertz CT molecular complexity index is 1600. The summed E-state index contributed by atoms with van der Waals surface area (Å²) in [6, 6.07) is 10.7. The minimum absolute atomic E-state index is 0.00569. The summed E-state index contributed by atoms with van der Waals surface area (Å²) in [4.78, 5) is 52.0. The Morgan fingerprint density at radius 1 is 1.07 bits per heavy atom. The van der Waals surface area contributed by atoms with Crippen LogP contribution in [0.25, 0.3) is 5.69 Å². The van der Waals surface area contributed by atoms with Gasteiger partial charge in [0.15, 0.2) is 0 Å². The van der Waals surface area contributed by atoms with Crippen LogP contribution in [0.2, 0.25) is 0 Å². The molecule has 11 nitrogen and oxygen atoms in total. The van der Waals surface area contributed by atoms with Gasteiger partial charge < -0.3 is 21.1 Å². The van der Waals surface area contributed by atoms with Crippen molar-refractivity contribution in [3.05, 3.63) is 95.3 Å². The van der Waals surface area contributed by atoms with Gasteiger partial charge in [0.2, 0.25) is 11.8 Å². The highest BCUT2D eigenvalue weighted by Crippen LogP contribution is 2.40. The van der Waals surface area contributed by atoms with Gasteiger partial charge in [-0.05, 0) is 29.5 Å². The highest BCUT2D eigenvalue weighted by atomic mass is 19.1. The smallest absolute Gasteiger partial charge is 0.253 e. The van der Waals surface area contributed by atoms with Gasteiger partial charge in [-0.3, -0.25) is 24.1 Å². The summed E-state index contributed by atoms with van der Waals surface area (Å²) in [6.45, 7) is 4.80. The summed E-state index contributed by atoms with van der Waals surface area (Å²) in [5.74, 6) is -3.44. The Labute approximate surface area is 265 Å². The number of nitrogens with zero attached hydrogens (tertiary/aromatic N) is 4. The summed E-state index contributed by atoms with van der Waals surface area (Å²) in [5.41, 5.74) is 7.36. The lowest BCUT2D eigenvalue weighted by atomic mass is 9.80. The Morgan fingerprint density at radius 3 is 2.37 bits per heavy atom. The van der Waals surface area contributed by atoms with Crippen LogP contribution in [0.5, 0.6) is 0 Å². The van der Waals surface area contributed by atoms with Gasteiger partial charge in [-0.1, -0.05) is 51.1 Å². The molecule has 2 heterocycles. The van der Waals surface area contributed by atoms with Crippen LogP contribution in [0.3, 0.4) is 0 Å². The molecule has 0 spiro atoms. The lowest BCUT2D eigenvalue weighted by Crippen LogP contribution is -2.48. The van der Waals surface area contributed by atoms with Crippen LogP contribution in [0.1, 0.15) is 50.1 Å². The number of hydrogen-bond acceptors (Lipinski definition) is 7. The van der Waals surface area contributed by atoms with E-state index in [0.717, 1.165) is 40.8 Å². The maximum Gasteiger partial charge on any atom is 0.253 e. The van der Waals surface area contributed by atoms with Crippen LogP contribution < -0.4 is 11.1 Å². The van der Waals surface area contributed by atoms with E-state index in [4.69, 9.17) is 5.73 Å². The summed E-state index contributed by atoms with van der Waals surface area (Å²) in [7, 11) is 0. The third kappa shape index (κ3) is 8.09. The molecular weight excluding hydrogens is 598 g/mol. The molecule has 4 amide bonds. The van der Waals surface area contributed by atoms with E-state index in [-0.39, 0.29) is 31.7 Å². The monoisotopic (exact) mass is 636 g/mol. The molecule has 4 rings (SSSR count). The molecule has 1 aliphatic rings. The fourth-order valence-corrected chi connectivity index (χ4v) is 5.44. The molecule has 0 bridgehead atoms. The van der Waals surface area contributed by atoms with Crippen molar-refractivity contribution >= 4 is 23.6 Å². The van der Waals surface area contributed by atoms with Crippen molar-refractivity contribution in [3.63, 3.8) is 0 Å². The highest BCUT2D eigenvalue weighted by Gasteiger charge is 2.38. The molecule has 0 saturated heterocycles. The number of carbonyl (C=O) groups is 4. The van der Waals surface area contributed by atoms with E-state index in [2.05, 4.69) is 10.4 Å². The number of halogens is 2. The SMILES string of the molecule is CC(C)(C)C(c1cn(-c2cc(F)ccc2F)nc1Cc1ccccc1)N(CC[C@H](N)C(=O)NCCN1C(=O)C=CC1=O)C(=O)CO. The van der Waals surface area contributed by atoms with Crippen LogP contribution >= 0.6 is 0 Å². The van der Waals surface area contributed by atoms with E-state index in [0.29, 0.717) is 17.7 Å². The number of nitrogens with two attached hydrogens (primary N) is 1. The lowest BCUT2D eigenvalue weighted by Gasteiger charge is -2.40. The summed E-state index contributed by atoms with van der Waals surface area (Å²) in [5, 5.41) is 17.2. The van der Waals surface area contributed by atoms with Crippen molar-refractivity contribution in [2.75, 3.05) is 26.2 Å². The quantitative estimate of drug-likeness (QED) is 0.244. The number of amides is 4. The predicted molar refractivity (Wildman–Crippen MR) is 165 cm³/mol. The maximum atomic E-state index is 14.9. The van der Waals surface area contributed by atoms with Crippen molar-refractivity contribution < 1.29 is 33.1 Å². The van der Waals surface area contributed by atoms with Gasteiger partial charge in [0, 0.05) is 56.0 Å². The lowest BCUT2D eigenvalue weighted by molar-refractivity contribution is -0.140. The Balaban J connectivity index is 1.62. The molecule has 0 saturated carbocycles. The Hall–Kier alpha value is -4.75. The maximum absolute atomic E-state index is 14.9. The van der Waals surface area contributed by atoms with Crippen LogP contribution in [-0.4, -0.2) is 80.6 Å². The van der Waals surface area contributed by atoms with E-state index in [1.165, 1.54) is 9.58 Å². The number of hydrogen-bond donors (Lipinski definition) is 3. The van der Waals surface area contributed by atoms with Gasteiger partial charge in [0.05, 0.1) is 17.8 Å². The molecule has 46 heavy (non-hydrogen) atoms. The van der Waals surface area contributed by atoms with Gasteiger partial charge in [0.25, 0.3) is 11.8 Å². The molecule has 0 fully saturated rings. The first-order chi connectivity index (χ1) is 21.8. The minimum Gasteiger partial charge on any atom is -0.387 e. The van der Waals surface area contributed by atoms with Gasteiger partial charge in [-0.25, -0.2) is 13.5 Å². The van der Waals surface area contributed by atoms with Crippen molar-refractivity contribution in [1.29, 1.82) is 0 Å². The number of rotatable bonds is 13. The van der Waals surface area contributed by atoms with Crippen LogP contribution in [0.15, 0.2) is 66.9 Å². The largest absolute Gasteiger partial charge is 0.387 e. The van der Waals surface area contributed by atoms with Crippen molar-refractivity contribution in [1.82, 2.24) is 24.9 Å². The molecule has 0 aliphatic carbocycles. The molecule has 244 valence electrons. The number of imide groups is 1. The second kappa shape index (κ2) is 14.6. The summed E-state index contributed by atoms with van der Waals surface area (Å²) >= 11 is 0. The predicted octanol–water partition coefficient (Wildman–Crippen LogP) is 2.41. The number of carbonyl (C=O) groups excluding carboxylic acids is 4. The number of nitrogens with one attached hydrogen (secondary N) is 1. The molecule has 2 aromatic carbocycles. The third-order valence-corrected chi connectivity index (χ3v) is 7.63. The topological polar surface area (TPSA) is 151 Å². The van der Waals surface area contributed by atoms with Gasteiger partial charge in [0.1, 0.15) is 23.9 Å². The highest BCUT2D eigenvalue weighted by molar-refractivity contribution is 6.12. The fourth-order valence-electron chi connectivity index (χ4n) is 5.44. The average molecular weight is 637 g/mol. The normalized spacial score (nSPS) is 14.5. The Morgan fingerprint density at radius 2 is 1.74 bits per heavy atom. The third-order valence-electron chi connectivity index (χ3n) is 7.63. The second-order valence-electron chi connectivity index (χ2n) is 12.1. The van der Waals surface area contributed by atoms with E-state index in [9.17, 15) is 33.1 Å². The molecular formula is C33H38F2N6O5. The van der Waals surface area contributed by atoms with Crippen LogP contribution in [0.4, 0.5) is 8.78 Å². The average Bonchev–Trinajstić information content (AvgIpc) is 3.57. The molecule has 0 radical (unpaired) electrons. The fraction of sp³-hybridized carbons (Fsp3) is 0.364. The first-order valence-corrected chi connectivity index (χ1v) is 14.8. The number of benzene rings is 2. The molecule has 13 heteroatoms. The standard InChI is InChI=1S/C33H38F2N6O5/c1-33(2,3)31(40(30(45)20-42)15-13-25(36)32(46)37-14-16-39-28(43)11-12-29(39)44)23-19-41(27-18-22(34)9-10-24(27)35)38-26(23)17-21-7-5-4-6-8-21/h4-12,18-19,25,31,42H,13-17,20,36H2,1-3H3,(H,37,46)/t25-,31?/m0/s1. The first kappa shape index (κ1) is 34.1. The van der Waals surface area contributed by atoms with Crippen LogP contribution in [0, 0.1) is 17.0 Å². The molecule has 3 aromatic rings. The van der Waals surface area contributed by atoms with Gasteiger partial charge in [-0.2, -0.15) is 5.10 Å². The zero-order valence-corrected chi connectivity index (χ0v) is 26.0. The van der Waals surface area contributed by atoms with Gasteiger partial charge in [-0.15, -0.1) is 0 Å². The number of aliphatic hydroxyl groups is 1. The van der Waals surface area contributed by atoms with Crippen molar-refractivity contribution in [2.45, 2.75) is 45.7 Å². The first-order valence-electron chi connectivity index (χ1n) is 14.8. The molecule has 4 N–H and O–H groups in total. The number of aliphatic hydroxyl groups excluding tert-OH is 1. The molecule has 1 aliphatic heterocycles. The van der Waals surface area contributed by atoms with E-state index >= 15 is 0 Å². The van der Waals surface area contributed by atoms with E-state index < -0.39 is 59.4 Å².